The maximum absolute atomic E-state index is 13.6. The van der Waals surface area contributed by atoms with Crippen LogP contribution in [0.5, 0.6) is 0 Å². The third kappa shape index (κ3) is 3.52. The Kier molecular flexibility index (Phi) is 4.18. The van der Waals surface area contributed by atoms with E-state index in [1.54, 1.807) is 0 Å². The molecule has 0 aliphatic heterocycles. The highest BCUT2D eigenvalue weighted by Gasteiger charge is 2.33. The Balaban J connectivity index is 2.32. The van der Waals surface area contributed by atoms with Gasteiger partial charge in [-0.15, -0.1) is 0 Å². The van der Waals surface area contributed by atoms with Crippen LogP contribution in [0.4, 0.5) is 23.2 Å². The lowest BCUT2D eigenvalue weighted by atomic mass is 10.1. The molecule has 0 bridgehead atoms. The lowest BCUT2D eigenvalue weighted by Gasteiger charge is -2.13. The molecule has 0 aliphatic rings. The number of benzene rings is 2. The van der Waals surface area contributed by atoms with Gasteiger partial charge >= 0.3 is 6.18 Å². The van der Waals surface area contributed by atoms with Crippen LogP contribution in [-0.2, 0) is 6.18 Å². The summed E-state index contributed by atoms with van der Waals surface area (Å²) in [5, 5.41) is 2.13. The third-order valence-electron chi connectivity index (χ3n) is 2.66. The number of carbonyl (C=O) groups excluding carboxylic acids is 1. The van der Waals surface area contributed by atoms with E-state index in [9.17, 15) is 22.4 Å². The number of hydrogen-bond acceptors (Lipinski definition) is 1. The van der Waals surface area contributed by atoms with Crippen LogP contribution in [0.3, 0.4) is 0 Å². The van der Waals surface area contributed by atoms with Crippen molar-refractivity contribution < 1.29 is 22.4 Å². The summed E-state index contributed by atoms with van der Waals surface area (Å²) in [7, 11) is 0. The highest BCUT2D eigenvalue weighted by molar-refractivity contribution is 6.30. The second-order valence-corrected chi connectivity index (χ2v) is 4.56. The quantitative estimate of drug-likeness (QED) is 0.796. The number of rotatable bonds is 2. The number of hydrogen-bond donors (Lipinski definition) is 1. The minimum absolute atomic E-state index is 0.0831. The average Bonchev–Trinajstić information content (AvgIpc) is 2.37. The van der Waals surface area contributed by atoms with Crippen LogP contribution in [0.25, 0.3) is 0 Å². The predicted octanol–water partition coefficient (Wildman–Crippen LogP) is 4.75. The van der Waals surface area contributed by atoms with E-state index < -0.39 is 34.7 Å². The number of halogens is 5. The summed E-state index contributed by atoms with van der Waals surface area (Å²) in [6.45, 7) is 0. The molecule has 0 aliphatic carbocycles. The molecule has 110 valence electrons. The smallest absolute Gasteiger partial charge is 0.321 e. The molecule has 0 spiro atoms. The van der Waals surface area contributed by atoms with Gasteiger partial charge in [-0.05, 0) is 30.3 Å². The molecule has 0 aromatic heterocycles. The van der Waals surface area contributed by atoms with Gasteiger partial charge in [0, 0.05) is 5.02 Å². The molecule has 2 aromatic carbocycles. The molecule has 0 radical (unpaired) electrons. The maximum Gasteiger partial charge on any atom is 0.418 e. The van der Waals surface area contributed by atoms with Crippen molar-refractivity contribution in [2.75, 3.05) is 5.32 Å². The van der Waals surface area contributed by atoms with Crippen molar-refractivity contribution >= 4 is 23.2 Å². The van der Waals surface area contributed by atoms with Crippen molar-refractivity contribution in [1.82, 2.24) is 0 Å². The number of alkyl halides is 3. The zero-order valence-electron chi connectivity index (χ0n) is 10.3. The lowest BCUT2D eigenvalue weighted by Crippen LogP contribution is -2.17. The highest BCUT2D eigenvalue weighted by atomic mass is 35.5. The summed E-state index contributed by atoms with van der Waals surface area (Å²) in [6, 6.07) is 7.73. The third-order valence-corrected chi connectivity index (χ3v) is 2.89. The first-order valence-corrected chi connectivity index (χ1v) is 6.09. The van der Waals surface area contributed by atoms with E-state index in [0.29, 0.717) is 0 Å². The molecular formula is C14H8ClF4NO. The van der Waals surface area contributed by atoms with E-state index in [1.165, 1.54) is 18.2 Å². The number of amides is 1. The van der Waals surface area contributed by atoms with Gasteiger partial charge < -0.3 is 5.32 Å². The second-order valence-electron chi connectivity index (χ2n) is 4.12. The molecule has 1 amide bonds. The molecule has 7 heteroatoms. The first-order valence-electron chi connectivity index (χ1n) is 5.71. The van der Waals surface area contributed by atoms with E-state index in [0.717, 1.165) is 24.3 Å². The van der Waals surface area contributed by atoms with Crippen molar-refractivity contribution in [2.45, 2.75) is 6.18 Å². The van der Waals surface area contributed by atoms with Crippen molar-refractivity contribution in [1.29, 1.82) is 0 Å². The average molecular weight is 318 g/mol. The van der Waals surface area contributed by atoms with Gasteiger partial charge in [-0.2, -0.15) is 13.2 Å². The second kappa shape index (κ2) is 5.73. The fourth-order valence-electron chi connectivity index (χ4n) is 1.70. The van der Waals surface area contributed by atoms with Crippen LogP contribution in [0.15, 0.2) is 42.5 Å². The Morgan fingerprint density at radius 2 is 1.76 bits per heavy atom. The lowest BCUT2D eigenvalue weighted by molar-refractivity contribution is -0.136. The zero-order valence-corrected chi connectivity index (χ0v) is 11.1. The highest BCUT2D eigenvalue weighted by Crippen LogP contribution is 2.34. The van der Waals surface area contributed by atoms with Gasteiger partial charge in [0.25, 0.3) is 5.91 Å². The largest absolute Gasteiger partial charge is 0.418 e. The fourth-order valence-corrected chi connectivity index (χ4v) is 1.86. The minimum atomic E-state index is -4.62. The SMILES string of the molecule is O=C(Nc1ccccc1C(F)(F)F)c1ccc(Cl)cc1F. The number of para-hydroxylation sites is 1. The number of nitrogens with one attached hydrogen (secondary N) is 1. The van der Waals surface area contributed by atoms with Crippen LogP contribution in [0, 0.1) is 5.82 Å². The molecule has 0 atom stereocenters. The molecule has 2 rings (SSSR count). The molecule has 2 nitrogen and oxygen atoms in total. The first kappa shape index (κ1) is 15.3. The van der Waals surface area contributed by atoms with Crippen LogP contribution >= 0.6 is 11.6 Å². The Morgan fingerprint density at radius 3 is 2.38 bits per heavy atom. The van der Waals surface area contributed by atoms with E-state index in [2.05, 4.69) is 5.32 Å². The molecular weight excluding hydrogens is 310 g/mol. The monoisotopic (exact) mass is 317 g/mol. The Hall–Kier alpha value is -2.08. The van der Waals surface area contributed by atoms with E-state index in [-0.39, 0.29) is 5.02 Å². The van der Waals surface area contributed by atoms with Crippen molar-refractivity contribution in [2.24, 2.45) is 0 Å². The Morgan fingerprint density at radius 1 is 1.10 bits per heavy atom. The van der Waals surface area contributed by atoms with Crippen LogP contribution in [0.1, 0.15) is 15.9 Å². The van der Waals surface area contributed by atoms with Crippen molar-refractivity contribution in [3.05, 3.63) is 64.4 Å². The standard InChI is InChI=1S/C14H8ClF4NO/c15-8-5-6-9(11(16)7-8)13(21)20-12-4-2-1-3-10(12)14(17,18)19/h1-7H,(H,20,21). The van der Waals surface area contributed by atoms with Crippen molar-refractivity contribution in [3.63, 3.8) is 0 Å². The Bertz CT molecular complexity index is 685. The van der Waals surface area contributed by atoms with E-state index in [1.807, 2.05) is 0 Å². The summed E-state index contributed by atoms with van der Waals surface area (Å²) < 4.78 is 51.9. The summed E-state index contributed by atoms with van der Waals surface area (Å²) in [5.41, 5.74) is -1.84. The van der Waals surface area contributed by atoms with Crippen molar-refractivity contribution in [3.8, 4) is 0 Å². The normalized spacial score (nSPS) is 11.3. The van der Waals surface area contributed by atoms with Gasteiger partial charge in [-0.1, -0.05) is 23.7 Å². The minimum Gasteiger partial charge on any atom is -0.321 e. The summed E-state index contributed by atoms with van der Waals surface area (Å²) in [6.07, 6.45) is -4.62. The fraction of sp³-hybridized carbons (Fsp3) is 0.0714. The van der Waals surface area contributed by atoms with Crippen LogP contribution in [0.2, 0.25) is 5.02 Å². The summed E-state index contributed by atoms with van der Waals surface area (Å²) >= 11 is 5.55. The molecule has 0 saturated carbocycles. The van der Waals surface area contributed by atoms with Crippen LogP contribution < -0.4 is 5.32 Å². The van der Waals surface area contributed by atoms with Gasteiger partial charge in [-0.3, -0.25) is 4.79 Å². The van der Waals surface area contributed by atoms with Gasteiger partial charge in [0.2, 0.25) is 0 Å². The summed E-state index contributed by atoms with van der Waals surface area (Å²) in [5.74, 6) is -1.90. The molecule has 0 unspecified atom stereocenters. The van der Waals surface area contributed by atoms with E-state index >= 15 is 0 Å². The number of carbonyl (C=O) groups is 1. The summed E-state index contributed by atoms with van der Waals surface area (Å²) in [4.78, 5) is 11.9. The maximum atomic E-state index is 13.6. The molecule has 0 saturated heterocycles. The van der Waals surface area contributed by atoms with Gasteiger partial charge in [0.1, 0.15) is 5.82 Å². The molecule has 1 N–H and O–H groups in total. The Labute approximate surface area is 122 Å². The van der Waals surface area contributed by atoms with Gasteiger partial charge in [0.05, 0.1) is 16.8 Å². The molecule has 21 heavy (non-hydrogen) atoms. The predicted molar refractivity (Wildman–Crippen MR) is 70.8 cm³/mol. The van der Waals surface area contributed by atoms with Gasteiger partial charge in [0.15, 0.2) is 0 Å². The molecule has 0 heterocycles. The van der Waals surface area contributed by atoms with Gasteiger partial charge in [-0.25, -0.2) is 4.39 Å². The van der Waals surface area contributed by atoms with Crippen LogP contribution in [-0.4, -0.2) is 5.91 Å². The molecule has 0 fully saturated rings. The number of anilines is 1. The van der Waals surface area contributed by atoms with E-state index in [4.69, 9.17) is 11.6 Å². The first-order chi connectivity index (χ1) is 9.79. The topological polar surface area (TPSA) is 29.1 Å². The zero-order chi connectivity index (χ0) is 15.6. The molecule has 2 aromatic rings.